The van der Waals surface area contributed by atoms with Crippen molar-refractivity contribution in [2.45, 2.75) is 6.54 Å². The van der Waals surface area contributed by atoms with Gasteiger partial charge in [-0.05, 0) is 70.0 Å². The largest absolute Gasteiger partial charge is 0.493 e. The Kier molecular flexibility index (Phi) is 6.49. The second-order valence-corrected chi connectivity index (χ2v) is 6.67. The smallest absolute Gasteiger partial charge is 0.251 e. The number of ether oxygens (including phenoxy) is 3. The highest BCUT2D eigenvalue weighted by molar-refractivity contribution is 9.10. The molecule has 2 aromatic carbocycles. The summed E-state index contributed by atoms with van der Waals surface area (Å²) in [7, 11) is 3.15. The fourth-order valence-electron chi connectivity index (χ4n) is 2.58. The van der Waals surface area contributed by atoms with E-state index in [1.165, 1.54) is 0 Å². The Hall–Kier alpha value is -3.06. The van der Waals surface area contributed by atoms with Gasteiger partial charge < -0.3 is 19.5 Å². The van der Waals surface area contributed by atoms with E-state index in [-0.39, 0.29) is 5.91 Å². The Morgan fingerprint density at radius 2 is 1.86 bits per heavy atom. The molecule has 0 aliphatic rings. The van der Waals surface area contributed by atoms with Gasteiger partial charge in [-0.15, -0.1) is 0 Å². The molecule has 7 heteroatoms. The first-order valence-corrected chi connectivity index (χ1v) is 9.26. The minimum absolute atomic E-state index is 0.182. The lowest BCUT2D eigenvalue weighted by Gasteiger charge is -2.12. The molecule has 0 saturated carbocycles. The summed E-state index contributed by atoms with van der Waals surface area (Å²) in [5, 5.41) is 2.89. The zero-order chi connectivity index (χ0) is 19.9. The topological polar surface area (TPSA) is 69.7 Å². The molecule has 0 radical (unpaired) electrons. The van der Waals surface area contributed by atoms with Crippen LogP contribution < -0.4 is 19.5 Å². The molecule has 0 aliphatic heterocycles. The van der Waals surface area contributed by atoms with Gasteiger partial charge in [0.1, 0.15) is 11.5 Å². The fraction of sp³-hybridized carbons (Fsp3) is 0.143. The normalized spacial score (nSPS) is 10.2. The van der Waals surface area contributed by atoms with Crippen LogP contribution >= 0.6 is 15.9 Å². The summed E-state index contributed by atoms with van der Waals surface area (Å²) in [5.74, 6) is 2.30. The minimum Gasteiger partial charge on any atom is -0.493 e. The number of rotatable bonds is 7. The molecule has 0 spiro atoms. The number of pyridine rings is 1. The quantitative estimate of drug-likeness (QED) is 0.579. The maximum absolute atomic E-state index is 12.4. The van der Waals surface area contributed by atoms with Crippen LogP contribution in [0.1, 0.15) is 15.9 Å². The molecule has 0 fully saturated rings. The van der Waals surface area contributed by atoms with Gasteiger partial charge in [-0.2, -0.15) is 0 Å². The van der Waals surface area contributed by atoms with E-state index >= 15 is 0 Å². The van der Waals surface area contributed by atoms with Crippen LogP contribution in [0.2, 0.25) is 0 Å². The molecule has 3 rings (SSSR count). The number of carbonyl (C=O) groups excluding carboxylic acids is 1. The maximum atomic E-state index is 12.4. The van der Waals surface area contributed by atoms with E-state index in [1.807, 2.05) is 18.2 Å². The Bertz CT molecular complexity index is 947. The number of nitrogens with one attached hydrogen (secondary N) is 1. The number of benzene rings is 2. The Morgan fingerprint density at radius 1 is 1.07 bits per heavy atom. The van der Waals surface area contributed by atoms with Gasteiger partial charge in [0, 0.05) is 18.3 Å². The summed E-state index contributed by atoms with van der Waals surface area (Å²) >= 11 is 3.45. The number of aromatic nitrogens is 1. The van der Waals surface area contributed by atoms with Crippen molar-refractivity contribution in [1.82, 2.24) is 10.3 Å². The van der Waals surface area contributed by atoms with Crippen molar-refractivity contribution < 1.29 is 19.0 Å². The molecule has 6 nitrogen and oxygen atoms in total. The van der Waals surface area contributed by atoms with Gasteiger partial charge in [-0.3, -0.25) is 9.78 Å². The van der Waals surface area contributed by atoms with E-state index in [1.54, 1.807) is 56.9 Å². The summed E-state index contributed by atoms with van der Waals surface area (Å²) in [6.07, 6.45) is 3.30. The van der Waals surface area contributed by atoms with Gasteiger partial charge in [-0.1, -0.05) is 0 Å². The molecule has 28 heavy (non-hydrogen) atoms. The predicted octanol–water partition coefficient (Wildman–Crippen LogP) is 4.58. The average molecular weight is 443 g/mol. The number of carbonyl (C=O) groups is 1. The Morgan fingerprint density at radius 3 is 2.50 bits per heavy atom. The van der Waals surface area contributed by atoms with Gasteiger partial charge in [0.05, 0.1) is 24.9 Å². The summed E-state index contributed by atoms with van der Waals surface area (Å²) in [5.41, 5.74) is 1.42. The van der Waals surface area contributed by atoms with Gasteiger partial charge in [0.15, 0.2) is 11.5 Å². The lowest BCUT2D eigenvalue weighted by molar-refractivity contribution is 0.0951. The lowest BCUT2D eigenvalue weighted by Crippen LogP contribution is -2.22. The van der Waals surface area contributed by atoms with Crippen LogP contribution in [0.15, 0.2) is 65.4 Å². The molecule has 1 N–H and O–H groups in total. The van der Waals surface area contributed by atoms with Crippen LogP contribution in [-0.4, -0.2) is 25.1 Å². The van der Waals surface area contributed by atoms with Crippen LogP contribution in [0.4, 0.5) is 0 Å². The van der Waals surface area contributed by atoms with Crippen LogP contribution in [0.25, 0.3) is 0 Å². The van der Waals surface area contributed by atoms with E-state index < -0.39 is 0 Å². The molecule has 0 aliphatic carbocycles. The number of nitrogens with zero attached hydrogens (tertiary/aromatic N) is 1. The van der Waals surface area contributed by atoms with Gasteiger partial charge in [0.2, 0.25) is 0 Å². The summed E-state index contributed by atoms with van der Waals surface area (Å²) in [6.45, 7) is 0.353. The highest BCUT2D eigenvalue weighted by Gasteiger charge is 2.12. The van der Waals surface area contributed by atoms with E-state index in [4.69, 9.17) is 14.2 Å². The molecule has 1 heterocycles. The molecule has 0 saturated heterocycles. The molecule has 0 bridgehead atoms. The molecule has 1 amide bonds. The highest BCUT2D eigenvalue weighted by atomic mass is 79.9. The van der Waals surface area contributed by atoms with Crippen molar-refractivity contribution >= 4 is 21.8 Å². The van der Waals surface area contributed by atoms with Crippen LogP contribution in [0, 0.1) is 0 Å². The van der Waals surface area contributed by atoms with Crippen LogP contribution in [0.3, 0.4) is 0 Å². The second kappa shape index (κ2) is 9.23. The third-order valence-electron chi connectivity index (χ3n) is 3.93. The highest BCUT2D eigenvalue weighted by Crippen LogP contribution is 2.36. The van der Waals surface area contributed by atoms with E-state index in [2.05, 4.69) is 26.2 Å². The van der Waals surface area contributed by atoms with Crippen molar-refractivity contribution in [3.8, 4) is 23.0 Å². The molecule has 0 unspecified atom stereocenters. The summed E-state index contributed by atoms with van der Waals surface area (Å²) in [6, 6.07) is 14.2. The first-order valence-electron chi connectivity index (χ1n) is 8.47. The monoisotopic (exact) mass is 442 g/mol. The van der Waals surface area contributed by atoms with Gasteiger partial charge >= 0.3 is 0 Å². The van der Waals surface area contributed by atoms with E-state index in [0.717, 1.165) is 10.0 Å². The number of methoxy groups -OCH3 is 2. The van der Waals surface area contributed by atoms with Crippen molar-refractivity contribution in [3.63, 3.8) is 0 Å². The molecular weight excluding hydrogens is 424 g/mol. The average Bonchev–Trinajstić information content (AvgIpc) is 2.72. The van der Waals surface area contributed by atoms with Crippen molar-refractivity contribution in [1.29, 1.82) is 0 Å². The van der Waals surface area contributed by atoms with E-state index in [9.17, 15) is 4.79 Å². The first kappa shape index (κ1) is 19.7. The van der Waals surface area contributed by atoms with Crippen molar-refractivity contribution in [2.75, 3.05) is 14.2 Å². The van der Waals surface area contributed by atoms with Crippen molar-refractivity contribution in [2.24, 2.45) is 0 Å². The molecule has 0 atom stereocenters. The number of hydrogen-bond donors (Lipinski definition) is 1. The third kappa shape index (κ3) is 4.80. The molecule has 144 valence electrons. The lowest BCUT2D eigenvalue weighted by atomic mass is 10.1. The van der Waals surface area contributed by atoms with Crippen LogP contribution in [0.5, 0.6) is 23.0 Å². The summed E-state index contributed by atoms with van der Waals surface area (Å²) < 4.78 is 17.1. The third-order valence-corrected chi connectivity index (χ3v) is 4.52. The minimum atomic E-state index is -0.182. The Balaban J connectivity index is 1.63. The maximum Gasteiger partial charge on any atom is 0.251 e. The number of hydrogen-bond acceptors (Lipinski definition) is 5. The first-order chi connectivity index (χ1) is 13.6. The standard InChI is InChI=1S/C21H19BrN2O4/c1-26-19-11-14(10-18(22)20(19)27-2)12-24-21(25)15-5-7-16(8-6-15)28-17-4-3-9-23-13-17/h3-11,13H,12H2,1-2H3,(H,24,25). The predicted molar refractivity (Wildman–Crippen MR) is 109 cm³/mol. The zero-order valence-corrected chi connectivity index (χ0v) is 17.0. The molecule has 3 aromatic rings. The zero-order valence-electron chi connectivity index (χ0n) is 15.4. The van der Waals surface area contributed by atoms with Gasteiger partial charge in [-0.25, -0.2) is 0 Å². The Labute approximate surface area is 171 Å². The van der Waals surface area contributed by atoms with Crippen LogP contribution in [-0.2, 0) is 6.54 Å². The SMILES string of the molecule is COc1cc(CNC(=O)c2ccc(Oc3cccnc3)cc2)cc(Br)c1OC. The summed E-state index contributed by atoms with van der Waals surface area (Å²) in [4.78, 5) is 16.4. The van der Waals surface area contributed by atoms with E-state index in [0.29, 0.717) is 35.1 Å². The molecule has 1 aromatic heterocycles. The number of amides is 1. The fourth-order valence-corrected chi connectivity index (χ4v) is 3.23. The van der Waals surface area contributed by atoms with Gasteiger partial charge in [0.25, 0.3) is 5.91 Å². The number of halogens is 1. The van der Waals surface area contributed by atoms with Crippen molar-refractivity contribution in [3.05, 3.63) is 76.5 Å². The molecular formula is C21H19BrN2O4. The second-order valence-electron chi connectivity index (χ2n) is 5.81.